The molecule has 0 spiro atoms. The van der Waals surface area contributed by atoms with Crippen molar-refractivity contribution in [3.05, 3.63) is 60.3 Å². The number of methoxy groups -OCH3 is 1. The monoisotopic (exact) mass is 365 g/mol. The molecule has 132 valence electrons. The third-order valence-electron chi connectivity index (χ3n) is 4.32. The van der Waals surface area contributed by atoms with E-state index in [0.29, 0.717) is 0 Å². The number of nitrogens with zero attached hydrogens (tertiary/aromatic N) is 2. The van der Waals surface area contributed by atoms with E-state index in [9.17, 15) is 4.79 Å². The Balaban J connectivity index is 1.56. The minimum absolute atomic E-state index is 0.0805. The van der Waals surface area contributed by atoms with Gasteiger partial charge in [-0.15, -0.1) is 0 Å². The molecule has 1 amide bonds. The van der Waals surface area contributed by atoms with Gasteiger partial charge in [-0.1, -0.05) is 48.2 Å². The first-order valence-corrected chi connectivity index (χ1v) is 9.44. The van der Waals surface area contributed by atoms with E-state index in [1.54, 1.807) is 18.9 Å². The number of aryl methyl sites for hydroxylation is 1. The Morgan fingerprint density at radius 1 is 1.23 bits per heavy atom. The number of amides is 1. The van der Waals surface area contributed by atoms with Crippen molar-refractivity contribution in [2.45, 2.75) is 18.1 Å². The number of anilines is 1. The van der Waals surface area contributed by atoms with Crippen molar-refractivity contribution in [1.29, 1.82) is 0 Å². The van der Waals surface area contributed by atoms with Gasteiger partial charge in [0.15, 0.2) is 5.16 Å². The number of rotatable bonds is 5. The molecule has 5 nitrogen and oxygen atoms in total. The minimum Gasteiger partial charge on any atom is -0.496 e. The van der Waals surface area contributed by atoms with Gasteiger partial charge < -0.3 is 14.6 Å². The molecule has 0 unspecified atom stereocenters. The summed E-state index contributed by atoms with van der Waals surface area (Å²) in [5, 5.41) is 4.06. The van der Waals surface area contributed by atoms with E-state index in [2.05, 4.69) is 16.1 Å². The molecule has 2 aromatic carbocycles. The number of para-hydroxylation sites is 2. The molecule has 0 radical (unpaired) electrons. The SMILES string of the molecule is COc1ccccc1CC(=O)Nc1ccccc1-c1cn2c(n1)SCC2. The van der Waals surface area contributed by atoms with Crippen molar-refractivity contribution in [1.82, 2.24) is 9.55 Å². The number of carbonyl (C=O) groups is 1. The zero-order valence-electron chi connectivity index (χ0n) is 14.4. The molecule has 3 aromatic rings. The van der Waals surface area contributed by atoms with Crippen LogP contribution in [-0.2, 0) is 17.8 Å². The Kier molecular flexibility index (Phi) is 4.67. The van der Waals surface area contributed by atoms with E-state index >= 15 is 0 Å². The lowest BCUT2D eigenvalue weighted by Crippen LogP contribution is -2.15. The Morgan fingerprint density at radius 2 is 2.04 bits per heavy atom. The molecule has 6 heteroatoms. The number of imidazole rings is 1. The number of carbonyl (C=O) groups excluding carboxylic acids is 1. The van der Waals surface area contributed by atoms with Crippen LogP contribution >= 0.6 is 11.8 Å². The summed E-state index contributed by atoms with van der Waals surface area (Å²) < 4.78 is 7.49. The molecule has 2 heterocycles. The van der Waals surface area contributed by atoms with Gasteiger partial charge in [0.05, 0.1) is 24.9 Å². The number of thioether (sulfide) groups is 1. The first kappa shape index (κ1) is 16.7. The average Bonchev–Trinajstić information content (AvgIpc) is 3.24. The lowest BCUT2D eigenvalue weighted by Gasteiger charge is -2.11. The van der Waals surface area contributed by atoms with Gasteiger partial charge in [0, 0.05) is 29.6 Å². The summed E-state index contributed by atoms with van der Waals surface area (Å²) in [6.07, 6.45) is 2.31. The van der Waals surface area contributed by atoms with Crippen LogP contribution < -0.4 is 10.1 Å². The fourth-order valence-electron chi connectivity index (χ4n) is 3.07. The van der Waals surface area contributed by atoms with E-state index in [1.165, 1.54) is 0 Å². The summed E-state index contributed by atoms with van der Waals surface area (Å²) in [6.45, 7) is 0.981. The van der Waals surface area contributed by atoms with Crippen LogP contribution in [0.15, 0.2) is 59.9 Å². The number of ether oxygens (including phenoxy) is 1. The average molecular weight is 365 g/mol. The van der Waals surface area contributed by atoms with Crippen LogP contribution in [0.4, 0.5) is 5.69 Å². The smallest absolute Gasteiger partial charge is 0.228 e. The predicted molar refractivity (Wildman–Crippen MR) is 104 cm³/mol. The van der Waals surface area contributed by atoms with Crippen molar-refractivity contribution >= 4 is 23.4 Å². The van der Waals surface area contributed by atoms with Gasteiger partial charge >= 0.3 is 0 Å². The van der Waals surface area contributed by atoms with Crippen LogP contribution in [0.5, 0.6) is 5.75 Å². The van der Waals surface area contributed by atoms with Crippen LogP contribution in [0.1, 0.15) is 5.56 Å². The van der Waals surface area contributed by atoms with Gasteiger partial charge in [-0.25, -0.2) is 4.98 Å². The molecular formula is C20H19N3O2S. The summed E-state index contributed by atoms with van der Waals surface area (Å²) in [4.78, 5) is 17.3. The Hall–Kier alpha value is -2.73. The highest BCUT2D eigenvalue weighted by molar-refractivity contribution is 7.99. The molecule has 1 aliphatic rings. The number of aromatic nitrogens is 2. The van der Waals surface area contributed by atoms with Crippen molar-refractivity contribution in [3.8, 4) is 17.0 Å². The second-order valence-electron chi connectivity index (χ2n) is 6.03. The highest BCUT2D eigenvalue weighted by Gasteiger charge is 2.18. The second-order valence-corrected chi connectivity index (χ2v) is 7.10. The Morgan fingerprint density at radius 3 is 2.88 bits per heavy atom. The maximum absolute atomic E-state index is 12.6. The number of hydrogen-bond acceptors (Lipinski definition) is 4. The number of fused-ring (bicyclic) bond motifs is 1. The summed E-state index contributed by atoms with van der Waals surface area (Å²) in [5.74, 6) is 1.71. The van der Waals surface area contributed by atoms with E-state index in [0.717, 1.165) is 45.7 Å². The molecule has 0 fully saturated rings. The maximum atomic E-state index is 12.6. The van der Waals surface area contributed by atoms with Crippen LogP contribution in [0.25, 0.3) is 11.3 Å². The van der Waals surface area contributed by atoms with E-state index < -0.39 is 0 Å². The quantitative estimate of drug-likeness (QED) is 0.746. The largest absolute Gasteiger partial charge is 0.496 e. The molecule has 0 atom stereocenters. The number of nitrogens with one attached hydrogen (secondary N) is 1. The highest BCUT2D eigenvalue weighted by atomic mass is 32.2. The van der Waals surface area contributed by atoms with E-state index in [1.807, 2.05) is 48.5 Å². The third-order valence-corrected chi connectivity index (χ3v) is 5.29. The van der Waals surface area contributed by atoms with Crippen LogP contribution in [0.3, 0.4) is 0 Å². The molecule has 0 saturated carbocycles. The number of hydrogen-bond donors (Lipinski definition) is 1. The first-order valence-electron chi connectivity index (χ1n) is 8.46. The molecule has 0 aliphatic carbocycles. The molecular weight excluding hydrogens is 346 g/mol. The summed E-state index contributed by atoms with van der Waals surface area (Å²) in [6, 6.07) is 15.3. The van der Waals surface area contributed by atoms with E-state index in [-0.39, 0.29) is 12.3 Å². The molecule has 4 rings (SSSR count). The standard InChI is InChI=1S/C20H19N3O2S/c1-25-18-9-5-2-6-14(18)12-19(24)21-16-8-4-3-7-15(16)17-13-23-10-11-26-20(23)22-17/h2-9,13H,10-12H2,1H3,(H,21,24). The maximum Gasteiger partial charge on any atom is 0.228 e. The third kappa shape index (κ3) is 3.32. The van der Waals surface area contributed by atoms with E-state index in [4.69, 9.17) is 9.72 Å². The molecule has 0 bridgehead atoms. The molecule has 1 N–H and O–H groups in total. The first-order chi connectivity index (χ1) is 12.7. The molecule has 1 aliphatic heterocycles. The fraction of sp³-hybridized carbons (Fsp3) is 0.200. The number of benzene rings is 2. The van der Waals surface area contributed by atoms with Gasteiger partial charge in [-0.05, 0) is 12.1 Å². The van der Waals surface area contributed by atoms with Gasteiger partial charge in [0.25, 0.3) is 0 Å². The van der Waals surface area contributed by atoms with Crippen LogP contribution in [-0.4, -0.2) is 28.3 Å². The Bertz CT molecular complexity index is 930. The lowest BCUT2D eigenvalue weighted by atomic mass is 10.1. The predicted octanol–water partition coefficient (Wildman–Crippen LogP) is 3.85. The summed E-state index contributed by atoms with van der Waals surface area (Å²) in [7, 11) is 1.61. The zero-order chi connectivity index (χ0) is 17.9. The molecule has 0 saturated heterocycles. The van der Waals surface area contributed by atoms with Crippen molar-refractivity contribution < 1.29 is 9.53 Å². The summed E-state index contributed by atoms with van der Waals surface area (Å²) in [5.41, 5.74) is 3.46. The van der Waals surface area contributed by atoms with Crippen molar-refractivity contribution in [2.24, 2.45) is 0 Å². The lowest BCUT2D eigenvalue weighted by molar-refractivity contribution is -0.115. The topological polar surface area (TPSA) is 56.1 Å². The van der Waals surface area contributed by atoms with Crippen LogP contribution in [0.2, 0.25) is 0 Å². The second kappa shape index (κ2) is 7.25. The zero-order valence-corrected chi connectivity index (χ0v) is 15.3. The Labute approximate surface area is 156 Å². The van der Waals surface area contributed by atoms with Crippen molar-refractivity contribution in [3.63, 3.8) is 0 Å². The van der Waals surface area contributed by atoms with Gasteiger partial charge in [0.2, 0.25) is 5.91 Å². The highest BCUT2D eigenvalue weighted by Crippen LogP contribution is 2.32. The van der Waals surface area contributed by atoms with Gasteiger partial charge in [0.1, 0.15) is 5.75 Å². The normalized spacial score (nSPS) is 12.7. The van der Waals surface area contributed by atoms with Crippen LogP contribution in [0, 0.1) is 0 Å². The van der Waals surface area contributed by atoms with Gasteiger partial charge in [-0.2, -0.15) is 0 Å². The fourth-order valence-corrected chi connectivity index (χ4v) is 4.01. The van der Waals surface area contributed by atoms with Gasteiger partial charge in [-0.3, -0.25) is 4.79 Å². The van der Waals surface area contributed by atoms with Crippen molar-refractivity contribution in [2.75, 3.05) is 18.2 Å². The minimum atomic E-state index is -0.0805. The molecule has 26 heavy (non-hydrogen) atoms. The summed E-state index contributed by atoms with van der Waals surface area (Å²) >= 11 is 1.76. The molecule has 1 aromatic heterocycles.